The number of rotatable bonds is 0. The maximum atomic E-state index is 8.58. The Morgan fingerprint density at radius 2 is 0.857 bits per heavy atom. The standard InChI is InChI=1S/Ge.O4Si.Yb/c;1-5(2,3)4;/q+2;-4;+3. The normalized spacial score (nSPS) is 8.57. The predicted octanol–water partition coefficient (Wildman–Crippen LogP) is -5.52. The van der Waals surface area contributed by atoms with E-state index in [0.29, 0.717) is 0 Å². The summed E-state index contributed by atoms with van der Waals surface area (Å²) in [6, 6.07) is 0. The summed E-state index contributed by atoms with van der Waals surface area (Å²) in [4.78, 5) is 34.3. The zero-order valence-electron chi connectivity index (χ0n) is 2.90. The Labute approximate surface area is 91.3 Å². The molecule has 0 aromatic rings. The monoisotopic (exact) mass is 340 g/mol. The third-order valence-electron chi connectivity index (χ3n) is 0. The second-order valence-electron chi connectivity index (χ2n) is 0.500. The van der Waals surface area contributed by atoms with Gasteiger partial charge in [0, 0.05) is 0 Å². The van der Waals surface area contributed by atoms with Gasteiger partial charge in [0.05, 0.1) is 0 Å². The van der Waals surface area contributed by atoms with Crippen molar-refractivity contribution < 1.29 is 66.1 Å². The molecule has 0 aliphatic heterocycles. The van der Waals surface area contributed by atoms with Crippen LogP contribution in [0.2, 0.25) is 0 Å². The molecule has 0 aromatic carbocycles. The van der Waals surface area contributed by atoms with Gasteiger partial charge in [0.15, 0.2) is 0 Å². The van der Waals surface area contributed by atoms with Gasteiger partial charge in [-0.05, 0) is 0 Å². The summed E-state index contributed by atoms with van der Waals surface area (Å²) in [6.07, 6.45) is 0. The molecule has 7 heavy (non-hydrogen) atoms. The average Bonchev–Trinajstić information content (AvgIpc) is 0.722. The minimum absolute atomic E-state index is 0. The smallest absolute Gasteiger partial charge is 0.894 e. The van der Waals surface area contributed by atoms with Gasteiger partial charge in [0.1, 0.15) is 0 Å². The van der Waals surface area contributed by atoms with Crippen molar-refractivity contribution in [1.29, 1.82) is 0 Å². The molecule has 0 unspecified atom stereocenters. The minimum atomic E-state index is -5.61. The summed E-state index contributed by atoms with van der Waals surface area (Å²) in [5.74, 6) is 0. The maximum absolute atomic E-state index is 8.58. The molecule has 0 spiro atoms. The Morgan fingerprint density at radius 1 is 0.857 bits per heavy atom. The van der Waals surface area contributed by atoms with Crippen LogP contribution < -0.4 is 19.2 Å². The maximum Gasteiger partial charge on any atom is 3.00 e. The van der Waals surface area contributed by atoms with Gasteiger partial charge >= 0.3 is 64.5 Å². The zero-order chi connectivity index (χ0) is 4.50. The molecule has 4 nitrogen and oxygen atoms in total. The average molecular weight is 338 g/mol. The summed E-state index contributed by atoms with van der Waals surface area (Å²) in [6.45, 7) is 0. The summed E-state index contributed by atoms with van der Waals surface area (Å²) in [5, 5.41) is 0. The molecule has 0 aromatic heterocycles. The van der Waals surface area contributed by atoms with E-state index in [0.717, 1.165) is 0 Å². The van der Waals surface area contributed by atoms with E-state index in [9.17, 15) is 0 Å². The van der Waals surface area contributed by atoms with E-state index in [1.54, 1.807) is 0 Å². The first-order valence-corrected chi connectivity index (χ1v) is 2.45. The van der Waals surface area contributed by atoms with Crippen LogP contribution >= 0.6 is 0 Å². The predicted molar refractivity (Wildman–Crippen MR) is 11.5 cm³/mol. The second kappa shape index (κ2) is 6.24. The Hall–Kier alpha value is 2.12. The molecule has 0 fully saturated rings. The van der Waals surface area contributed by atoms with Crippen molar-refractivity contribution in [2.45, 2.75) is 0 Å². The van der Waals surface area contributed by atoms with Crippen LogP contribution in [0, 0.1) is 46.9 Å². The molecule has 0 saturated heterocycles. The van der Waals surface area contributed by atoms with Crippen LogP contribution in [-0.4, -0.2) is 26.6 Å². The van der Waals surface area contributed by atoms with E-state index in [-0.39, 0.29) is 64.5 Å². The van der Waals surface area contributed by atoms with Crippen molar-refractivity contribution in [1.82, 2.24) is 0 Å². The van der Waals surface area contributed by atoms with Crippen molar-refractivity contribution in [2.24, 2.45) is 0 Å². The van der Waals surface area contributed by atoms with E-state index in [1.807, 2.05) is 0 Å². The topological polar surface area (TPSA) is 92.2 Å². The molecule has 0 bridgehead atoms. The minimum Gasteiger partial charge on any atom is -0.894 e. The van der Waals surface area contributed by atoms with Gasteiger partial charge in [0.2, 0.25) is 0 Å². The SMILES string of the molecule is [Ge+2].[O-][Si]([O-])([O-])[O-].[Yb+3]. The van der Waals surface area contributed by atoms with E-state index in [4.69, 9.17) is 19.2 Å². The fourth-order valence-corrected chi connectivity index (χ4v) is 0. The van der Waals surface area contributed by atoms with Crippen LogP contribution in [0.3, 0.4) is 0 Å². The molecule has 0 atom stereocenters. The van der Waals surface area contributed by atoms with Gasteiger partial charge in [-0.15, -0.1) is 0 Å². The van der Waals surface area contributed by atoms with Gasteiger partial charge in [-0.25, -0.2) is 0 Å². The summed E-state index contributed by atoms with van der Waals surface area (Å²) in [5.41, 5.74) is 0. The third kappa shape index (κ3) is 67.7. The fourth-order valence-electron chi connectivity index (χ4n) is 0. The van der Waals surface area contributed by atoms with Crippen LogP contribution in [0.15, 0.2) is 0 Å². The van der Waals surface area contributed by atoms with Gasteiger partial charge in [-0.1, -0.05) is 0 Å². The Kier molecular flexibility index (Phi) is 14.3. The third-order valence-corrected chi connectivity index (χ3v) is 0. The van der Waals surface area contributed by atoms with Crippen molar-refractivity contribution in [3.8, 4) is 0 Å². The van der Waals surface area contributed by atoms with Gasteiger partial charge in [-0.3, -0.25) is 0 Å². The molecule has 3 radical (unpaired) electrons. The fraction of sp³-hybridized carbons (Fsp3) is 0. The van der Waals surface area contributed by atoms with Gasteiger partial charge < -0.3 is 28.2 Å². The number of hydrogen-bond donors (Lipinski definition) is 0. The van der Waals surface area contributed by atoms with E-state index in [2.05, 4.69) is 0 Å². The molecular weight excluding hydrogens is 338 g/mol. The van der Waals surface area contributed by atoms with E-state index < -0.39 is 9.05 Å². The molecular formula is GeO4SiYb+. The molecule has 0 rings (SSSR count). The Morgan fingerprint density at radius 3 is 0.857 bits per heavy atom. The first kappa shape index (κ1) is 16.1. The van der Waals surface area contributed by atoms with E-state index >= 15 is 0 Å². The molecule has 0 aliphatic carbocycles. The van der Waals surface area contributed by atoms with Crippen LogP contribution in [-0.2, 0) is 0 Å². The second-order valence-corrected chi connectivity index (χ2v) is 1.50. The summed E-state index contributed by atoms with van der Waals surface area (Å²) in [7, 11) is -5.61. The largest absolute Gasteiger partial charge is 3.00 e. The van der Waals surface area contributed by atoms with Crippen molar-refractivity contribution in [3.05, 3.63) is 0 Å². The molecule has 0 heterocycles. The summed E-state index contributed by atoms with van der Waals surface area (Å²) >= 11 is 0. The van der Waals surface area contributed by atoms with E-state index in [1.165, 1.54) is 0 Å². The van der Waals surface area contributed by atoms with Gasteiger partial charge in [-0.2, -0.15) is 0 Å². The summed E-state index contributed by atoms with van der Waals surface area (Å²) < 4.78 is 0. The Balaban J connectivity index is -0.0000000800. The van der Waals surface area contributed by atoms with Crippen LogP contribution in [0.4, 0.5) is 0 Å². The van der Waals surface area contributed by atoms with Crippen LogP contribution in [0.25, 0.3) is 0 Å². The van der Waals surface area contributed by atoms with Crippen LogP contribution in [0.1, 0.15) is 0 Å². The molecule has 0 N–H and O–H groups in total. The molecule has 7 heteroatoms. The van der Waals surface area contributed by atoms with Crippen molar-refractivity contribution in [2.75, 3.05) is 0 Å². The van der Waals surface area contributed by atoms with Crippen molar-refractivity contribution >= 4 is 26.6 Å². The molecule has 0 aliphatic rings. The number of hydrogen-bond acceptors (Lipinski definition) is 4. The van der Waals surface area contributed by atoms with Crippen molar-refractivity contribution in [3.63, 3.8) is 0 Å². The molecule has 0 saturated carbocycles. The zero-order valence-corrected chi connectivity index (χ0v) is 7.71. The Bertz CT molecular complexity index is 27.2. The first-order valence-electron chi connectivity index (χ1n) is 0.816. The first-order chi connectivity index (χ1) is 2.00. The van der Waals surface area contributed by atoms with Gasteiger partial charge in [0.25, 0.3) is 0 Å². The molecule has 45 valence electrons. The van der Waals surface area contributed by atoms with Crippen LogP contribution in [0.5, 0.6) is 0 Å². The quantitative estimate of drug-likeness (QED) is 0.412. The molecule has 0 amide bonds.